The number of benzene rings is 1. The van der Waals surface area contributed by atoms with E-state index in [0.29, 0.717) is 19.0 Å². The summed E-state index contributed by atoms with van der Waals surface area (Å²) in [6.45, 7) is 2.75. The molecule has 1 aromatic carbocycles. The number of halogens is 1. The van der Waals surface area contributed by atoms with Crippen molar-refractivity contribution in [1.29, 1.82) is 5.26 Å². The highest BCUT2D eigenvalue weighted by molar-refractivity contribution is 5.22. The van der Waals surface area contributed by atoms with Gasteiger partial charge in [0.2, 0.25) is 0 Å². The van der Waals surface area contributed by atoms with Crippen LogP contribution in [0.2, 0.25) is 0 Å². The third kappa shape index (κ3) is 3.56. The number of nitrogens with zero attached hydrogens (tertiary/aromatic N) is 2. The van der Waals surface area contributed by atoms with Gasteiger partial charge in [-0.2, -0.15) is 5.26 Å². The molecule has 20 heavy (non-hydrogen) atoms. The van der Waals surface area contributed by atoms with Crippen molar-refractivity contribution in [2.45, 2.75) is 50.7 Å². The van der Waals surface area contributed by atoms with Crippen LogP contribution in [0.1, 0.15) is 44.2 Å². The van der Waals surface area contributed by atoms with Gasteiger partial charge in [-0.15, -0.1) is 0 Å². The molecule has 1 aromatic rings. The Hall–Kier alpha value is -1.44. The highest BCUT2D eigenvalue weighted by Crippen LogP contribution is 2.36. The quantitative estimate of drug-likeness (QED) is 0.832. The third-order valence-corrected chi connectivity index (χ3v) is 3.92. The van der Waals surface area contributed by atoms with E-state index in [1.807, 2.05) is 13.0 Å². The third-order valence-electron chi connectivity index (χ3n) is 3.92. The highest BCUT2D eigenvalue weighted by Gasteiger charge is 2.36. The second-order valence-corrected chi connectivity index (χ2v) is 5.45. The van der Waals surface area contributed by atoms with Crippen LogP contribution in [-0.4, -0.2) is 23.5 Å². The number of rotatable bonds is 7. The van der Waals surface area contributed by atoms with Gasteiger partial charge in [0.1, 0.15) is 5.82 Å². The molecule has 0 heterocycles. The normalized spacial score (nSPS) is 17.8. The van der Waals surface area contributed by atoms with Crippen LogP contribution in [0.25, 0.3) is 0 Å². The van der Waals surface area contributed by atoms with E-state index in [2.05, 4.69) is 11.0 Å². The average molecular weight is 275 g/mol. The summed E-state index contributed by atoms with van der Waals surface area (Å²) < 4.78 is 13.5. The second kappa shape index (κ2) is 6.83. The summed E-state index contributed by atoms with van der Waals surface area (Å²) >= 11 is 0. The molecule has 0 bridgehead atoms. The fraction of sp³-hybridized carbons (Fsp3) is 0.562. The molecule has 0 spiro atoms. The first-order chi connectivity index (χ1) is 9.67. The average Bonchev–Trinajstić information content (AvgIpc) is 3.27. The second-order valence-electron chi connectivity index (χ2n) is 5.45. The Morgan fingerprint density at radius 2 is 2.25 bits per heavy atom. The predicted octanol–water partition coefficient (Wildman–Crippen LogP) is 2.98. The van der Waals surface area contributed by atoms with Crippen LogP contribution in [0, 0.1) is 17.1 Å². The molecule has 0 saturated heterocycles. The molecular weight excluding hydrogens is 253 g/mol. The van der Waals surface area contributed by atoms with Crippen molar-refractivity contribution >= 4 is 0 Å². The monoisotopic (exact) mass is 275 g/mol. The van der Waals surface area contributed by atoms with Gasteiger partial charge >= 0.3 is 0 Å². The minimum Gasteiger partial charge on any atom is -0.326 e. The van der Waals surface area contributed by atoms with Gasteiger partial charge in [-0.1, -0.05) is 19.1 Å². The number of nitrogens with two attached hydrogens (primary N) is 1. The van der Waals surface area contributed by atoms with Crippen molar-refractivity contribution in [2.75, 3.05) is 6.54 Å². The molecule has 0 radical (unpaired) electrons. The predicted molar refractivity (Wildman–Crippen MR) is 77.4 cm³/mol. The van der Waals surface area contributed by atoms with Crippen LogP contribution >= 0.6 is 0 Å². The molecule has 1 aliphatic rings. The van der Waals surface area contributed by atoms with E-state index in [9.17, 15) is 4.39 Å². The number of hydrogen-bond donors (Lipinski definition) is 1. The zero-order valence-electron chi connectivity index (χ0n) is 11.9. The van der Waals surface area contributed by atoms with Crippen LogP contribution in [0.15, 0.2) is 24.3 Å². The van der Waals surface area contributed by atoms with E-state index in [1.54, 1.807) is 12.1 Å². The summed E-state index contributed by atoms with van der Waals surface area (Å²) in [5.41, 5.74) is 7.21. The van der Waals surface area contributed by atoms with Crippen molar-refractivity contribution < 1.29 is 4.39 Å². The molecule has 3 nitrogen and oxygen atoms in total. The summed E-state index contributed by atoms with van der Waals surface area (Å²) in [6.07, 6.45) is 3.61. The molecule has 1 aliphatic carbocycles. The molecule has 0 aliphatic heterocycles. The summed E-state index contributed by atoms with van der Waals surface area (Å²) in [5, 5.41) is 8.84. The fourth-order valence-electron chi connectivity index (χ4n) is 2.73. The van der Waals surface area contributed by atoms with Gasteiger partial charge in [-0.25, -0.2) is 4.39 Å². The summed E-state index contributed by atoms with van der Waals surface area (Å²) in [5.74, 6) is -0.230. The Labute approximate surface area is 120 Å². The van der Waals surface area contributed by atoms with E-state index in [-0.39, 0.29) is 17.9 Å². The molecule has 2 N–H and O–H groups in total. The van der Waals surface area contributed by atoms with Crippen molar-refractivity contribution in [3.63, 3.8) is 0 Å². The summed E-state index contributed by atoms with van der Waals surface area (Å²) in [4.78, 5) is 2.30. The highest BCUT2D eigenvalue weighted by atomic mass is 19.1. The Balaban J connectivity index is 2.27. The van der Waals surface area contributed by atoms with E-state index in [0.717, 1.165) is 24.8 Å². The van der Waals surface area contributed by atoms with Crippen LogP contribution in [0.4, 0.5) is 4.39 Å². The first kappa shape index (κ1) is 15.0. The molecule has 0 amide bonds. The summed E-state index contributed by atoms with van der Waals surface area (Å²) in [6, 6.07) is 9.34. The maximum atomic E-state index is 13.5. The van der Waals surface area contributed by atoms with Crippen molar-refractivity contribution in [3.05, 3.63) is 35.6 Å². The molecule has 4 heteroatoms. The Bertz CT molecular complexity index is 479. The maximum absolute atomic E-state index is 13.5. The van der Waals surface area contributed by atoms with Gasteiger partial charge in [0, 0.05) is 25.0 Å². The summed E-state index contributed by atoms with van der Waals surface area (Å²) in [7, 11) is 0. The lowest BCUT2D eigenvalue weighted by Gasteiger charge is -2.35. The van der Waals surface area contributed by atoms with Crippen LogP contribution < -0.4 is 5.73 Å². The van der Waals surface area contributed by atoms with Gasteiger partial charge in [0.05, 0.1) is 12.1 Å². The minimum atomic E-state index is -0.230. The maximum Gasteiger partial charge on any atom is 0.123 e. The lowest BCUT2D eigenvalue weighted by molar-refractivity contribution is 0.162. The molecule has 2 atom stereocenters. The van der Waals surface area contributed by atoms with Gasteiger partial charge in [-0.3, -0.25) is 4.90 Å². The van der Waals surface area contributed by atoms with Gasteiger partial charge in [0.15, 0.2) is 0 Å². The molecule has 108 valence electrons. The molecule has 0 aromatic heterocycles. The first-order valence-corrected chi connectivity index (χ1v) is 7.31. The SMILES string of the molecule is CCC(N)C(c1cccc(F)c1)N(CCC#N)C1CC1. The lowest BCUT2D eigenvalue weighted by atomic mass is 9.95. The van der Waals surface area contributed by atoms with E-state index in [4.69, 9.17) is 11.0 Å². The van der Waals surface area contributed by atoms with E-state index in [1.165, 1.54) is 6.07 Å². The number of hydrogen-bond acceptors (Lipinski definition) is 3. The molecular formula is C16H22FN3. The molecule has 1 fully saturated rings. The van der Waals surface area contributed by atoms with Gasteiger partial charge in [0.25, 0.3) is 0 Å². The van der Waals surface area contributed by atoms with Crippen molar-refractivity contribution in [2.24, 2.45) is 5.73 Å². The fourth-order valence-corrected chi connectivity index (χ4v) is 2.73. The van der Waals surface area contributed by atoms with Gasteiger partial charge in [-0.05, 0) is 37.0 Å². The zero-order chi connectivity index (χ0) is 14.5. The van der Waals surface area contributed by atoms with Crippen molar-refractivity contribution in [1.82, 2.24) is 4.90 Å². The zero-order valence-corrected chi connectivity index (χ0v) is 11.9. The lowest BCUT2D eigenvalue weighted by Crippen LogP contribution is -2.42. The Kier molecular flexibility index (Phi) is 5.11. The van der Waals surface area contributed by atoms with Crippen molar-refractivity contribution in [3.8, 4) is 6.07 Å². The molecule has 1 saturated carbocycles. The topological polar surface area (TPSA) is 53.0 Å². The first-order valence-electron chi connectivity index (χ1n) is 7.31. The largest absolute Gasteiger partial charge is 0.326 e. The minimum absolute atomic E-state index is 0.00319. The van der Waals surface area contributed by atoms with E-state index >= 15 is 0 Å². The Morgan fingerprint density at radius 1 is 1.50 bits per heavy atom. The van der Waals surface area contributed by atoms with Crippen LogP contribution in [0.5, 0.6) is 0 Å². The van der Waals surface area contributed by atoms with Gasteiger partial charge < -0.3 is 5.73 Å². The van der Waals surface area contributed by atoms with E-state index < -0.39 is 0 Å². The smallest absolute Gasteiger partial charge is 0.123 e. The number of nitriles is 1. The molecule has 2 rings (SSSR count). The van der Waals surface area contributed by atoms with Crippen LogP contribution in [-0.2, 0) is 0 Å². The standard InChI is InChI=1S/C16H22FN3/c1-2-15(19)16(12-5-3-6-13(17)11-12)20(10-4-9-18)14-7-8-14/h3,5-6,11,14-16H,2,4,7-8,10,19H2,1H3. The Morgan fingerprint density at radius 3 is 2.80 bits per heavy atom. The molecule has 2 unspecified atom stereocenters. The van der Waals surface area contributed by atoms with Crippen LogP contribution in [0.3, 0.4) is 0 Å².